The van der Waals surface area contributed by atoms with Crippen molar-refractivity contribution in [1.82, 2.24) is 20.4 Å². The Morgan fingerprint density at radius 2 is 1.72 bits per heavy atom. The molecule has 5 aliphatic rings. The molecule has 2 saturated carbocycles. The van der Waals surface area contributed by atoms with Crippen LogP contribution in [0.3, 0.4) is 0 Å². The average Bonchev–Trinajstić information content (AvgIpc) is 3.35. The Hall–Kier alpha value is -2.29. The Balaban J connectivity index is 1.14. The fourth-order valence-corrected chi connectivity index (χ4v) is 7.00. The van der Waals surface area contributed by atoms with E-state index in [1.165, 1.54) is 44.3 Å². The lowest BCUT2D eigenvalue weighted by molar-refractivity contribution is -0.142. The molecule has 1 aromatic rings. The molecule has 1 aromatic carbocycles. The van der Waals surface area contributed by atoms with Crippen molar-refractivity contribution in [2.45, 2.75) is 87.1 Å². The average molecular weight is 495 g/mol. The van der Waals surface area contributed by atoms with Gasteiger partial charge in [-0.15, -0.1) is 0 Å². The van der Waals surface area contributed by atoms with E-state index in [1.807, 2.05) is 19.2 Å². The highest BCUT2D eigenvalue weighted by molar-refractivity contribution is 6.01. The first kappa shape index (κ1) is 24.1. The second-order valence-corrected chi connectivity index (χ2v) is 11.4. The van der Waals surface area contributed by atoms with Crippen LogP contribution in [0.25, 0.3) is 0 Å². The van der Waals surface area contributed by atoms with Gasteiger partial charge in [0.05, 0.1) is 6.04 Å². The molecule has 2 aliphatic carbocycles. The summed E-state index contributed by atoms with van der Waals surface area (Å²) in [6, 6.07) is 8.18. The number of carbonyl (C=O) groups is 3. The van der Waals surface area contributed by atoms with Gasteiger partial charge in [-0.2, -0.15) is 0 Å². The predicted octanol–water partition coefficient (Wildman–Crippen LogP) is 1.84. The molecule has 3 heterocycles. The van der Waals surface area contributed by atoms with E-state index in [9.17, 15) is 14.4 Å². The number of hydrogen-bond acceptors (Lipinski definition) is 6. The molecule has 0 bridgehead atoms. The number of likely N-dealkylation sites (tertiary alicyclic amines) is 2. The number of hydrogen-bond donors (Lipinski definition) is 2. The summed E-state index contributed by atoms with van der Waals surface area (Å²) in [5.74, 6) is 0.146. The predicted molar refractivity (Wildman–Crippen MR) is 135 cm³/mol. The molecule has 8 heteroatoms. The Morgan fingerprint density at radius 3 is 2.36 bits per heavy atom. The molecule has 8 nitrogen and oxygen atoms in total. The van der Waals surface area contributed by atoms with E-state index in [4.69, 9.17) is 4.74 Å². The van der Waals surface area contributed by atoms with Crippen molar-refractivity contribution in [1.29, 1.82) is 0 Å². The van der Waals surface area contributed by atoms with Crippen molar-refractivity contribution in [3.05, 3.63) is 35.4 Å². The Bertz CT molecular complexity index is 1010. The molecule has 2 amide bonds. The van der Waals surface area contributed by atoms with Crippen molar-refractivity contribution in [2.24, 2.45) is 0 Å². The largest absolute Gasteiger partial charge is 0.366 e. The SMILES string of the molecule is CN[C@H]1CN(C(=O)C2(NC(=O)c3ccc(C4CCN(C5CC5)CC4)cc3)CCCC2)[C@@H]2C(=O)CO[C@H]12. The molecule has 36 heavy (non-hydrogen) atoms. The minimum absolute atomic E-state index is 0.0443. The molecule has 0 spiro atoms. The summed E-state index contributed by atoms with van der Waals surface area (Å²) in [5.41, 5.74) is 0.928. The molecule has 6 rings (SSSR count). The highest BCUT2D eigenvalue weighted by Gasteiger charge is 2.56. The van der Waals surface area contributed by atoms with Crippen LogP contribution in [-0.4, -0.2) is 90.5 Å². The number of carbonyl (C=O) groups excluding carboxylic acids is 3. The second-order valence-electron chi connectivity index (χ2n) is 11.4. The first-order chi connectivity index (χ1) is 17.5. The molecule has 3 saturated heterocycles. The number of ketones is 1. The van der Waals surface area contributed by atoms with Crippen molar-refractivity contribution in [3.8, 4) is 0 Å². The molecule has 0 aromatic heterocycles. The number of ether oxygens (including phenoxy) is 1. The van der Waals surface area contributed by atoms with Gasteiger partial charge < -0.3 is 25.2 Å². The van der Waals surface area contributed by atoms with E-state index < -0.39 is 11.6 Å². The molecule has 3 aliphatic heterocycles. The zero-order chi connectivity index (χ0) is 24.9. The van der Waals surface area contributed by atoms with E-state index in [0.717, 1.165) is 18.9 Å². The summed E-state index contributed by atoms with van der Waals surface area (Å²) in [6.45, 7) is 2.80. The minimum Gasteiger partial charge on any atom is -0.366 e. The molecule has 3 atom stereocenters. The Kier molecular flexibility index (Phi) is 6.38. The minimum atomic E-state index is -0.957. The third-order valence-electron chi connectivity index (χ3n) is 9.27. The number of nitrogens with zero attached hydrogens (tertiary/aromatic N) is 2. The number of nitrogens with one attached hydrogen (secondary N) is 2. The number of piperidine rings is 1. The molecular formula is C28H38N4O4. The number of rotatable bonds is 6. The molecule has 194 valence electrons. The molecule has 0 unspecified atom stereocenters. The number of amides is 2. The summed E-state index contributed by atoms with van der Waals surface area (Å²) in [6.07, 6.45) is 7.71. The lowest BCUT2D eigenvalue weighted by atomic mass is 9.88. The molecule has 5 fully saturated rings. The third-order valence-corrected chi connectivity index (χ3v) is 9.27. The maximum atomic E-state index is 13.9. The monoisotopic (exact) mass is 494 g/mol. The van der Waals surface area contributed by atoms with Crippen LogP contribution < -0.4 is 10.6 Å². The number of fused-ring (bicyclic) bond motifs is 1. The van der Waals surface area contributed by atoms with Crippen molar-refractivity contribution in [2.75, 3.05) is 33.3 Å². The van der Waals surface area contributed by atoms with Gasteiger partial charge in [0, 0.05) is 18.2 Å². The van der Waals surface area contributed by atoms with Crippen LogP contribution in [0.5, 0.6) is 0 Å². The van der Waals surface area contributed by atoms with Gasteiger partial charge in [-0.25, -0.2) is 0 Å². The summed E-state index contributed by atoms with van der Waals surface area (Å²) < 4.78 is 5.70. The number of benzene rings is 1. The van der Waals surface area contributed by atoms with Gasteiger partial charge in [0.1, 0.15) is 24.3 Å². The van der Waals surface area contributed by atoms with Crippen molar-refractivity contribution < 1.29 is 19.1 Å². The van der Waals surface area contributed by atoms with E-state index in [2.05, 4.69) is 27.7 Å². The van der Waals surface area contributed by atoms with Gasteiger partial charge >= 0.3 is 0 Å². The maximum absolute atomic E-state index is 13.9. The maximum Gasteiger partial charge on any atom is 0.252 e. The molecule has 0 radical (unpaired) electrons. The van der Waals surface area contributed by atoms with Crippen LogP contribution in [0.4, 0.5) is 0 Å². The van der Waals surface area contributed by atoms with Gasteiger partial charge in [0.15, 0.2) is 5.78 Å². The molecular weight excluding hydrogens is 456 g/mol. The number of Topliss-reactive ketones (excluding diaryl/α,β-unsaturated/α-hetero) is 1. The quantitative estimate of drug-likeness (QED) is 0.627. The van der Waals surface area contributed by atoms with Gasteiger partial charge in [0.2, 0.25) is 5.91 Å². The fourth-order valence-electron chi connectivity index (χ4n) is 7.00. The topological polar surface area (TPSA) is 91.0 Å². The zero-order valence-electron chi connectivity index (χ0n) is 21.2. The Morgan fingerprint density at radius 1 is 1.03 bits per heavy atom. The van der Waals surface area contributed by atoms with Gasteiger partial charge in [-0.1, -0.05) is 25.0 Å². The van der Waals surface area contributed by atoms with E-state index in [1.54, 1.807) is 4.90 Å². The van der Waals surface area contributed by atoms with Crippen LogP contribution in [-0.2, 0) is 14.3 Å². The molecule has 2 N–H and O–H groups in total. The van der Waals surface area contributed by atoms with Gasteiger partial charge in [-0.3, -0.25) is 14.4 Å². The van der Waals surface area contributed by atoms with E-state index >= 15 is 0 Å². The second kappa shape index (κ2) is 9.54. The van der Waals surface area contributed by atoms with Gasteiger partial charge in [0.25, 0.3) is 5.91 Å². The first-order valence-electron chi connectivity index (χ1n) is 13.8. The van der Waals surface area contributed by atoms with E-state index in [0.29, 0.717) is 30.9 Å². The van der Waals surface area contributed by atoms with Crippen LogP contribution in [0.15, 0.2) is 24.3 Å². The summed E-state index contributed by atoms with van der Waals surface area (Å²) in [4.78, 5) is 44.1. The normalized spacial score (nSPS) is 30.5. The smallest absolute Gasteiger partial charge is 0.252 e. The van der Waals surface area contributed by atoms with Crippen LogP contribution in [0, 0.1) is 0 Å². The Labute approximate surface area is 213 Å². The lowest BCUT2D eigenvalue weighted by Gasteiger charge is -2.35. The van der Waals surface area contributed by atoms with E-state index in [-0.39, 0.29) is 36.4 Å². The summed E-state index contributed by atoms with van der Waals surface area (Å²) >= 11 is 0. The highest BCUT2D eigenvalue weighted by atomic mass is 16.5. The first-order valence-corrected chi connectivity index (χ1v) is 13.8. The van der Waals surface area contributed by atoms with Crippen LogP contribution >= 0.6 is 0 Å². The van der Waals surface area contributed by atoms with Crippen molar-refractivity contribution >= 4 is 17.6 Å². The van der Waals surface area contributed by atoms with Gasteiger partial charge in [-0.05, 0) is 82.3 Å². The summed E-state index contributed by atoms with van der Waals surface area (Å²) in [7, 11) is 1.83. The number of likely N-dealkylation sites (N-methyl/N-ethyl adjacent to an activating group) is 1. The zero-order valence-corrected chi connectivity index (χ0v) is 21.2. The fraction of sp³-hybridized carbons (Fsp3) is 0.679. The van der Waals surface area contributed by atoms with Crippen molar-refractivity contribution in [3.63, 3.8) is 0 Å². The van der Waals surface area contributed by atoms with Crippen LogP contribution in [0.2, 0.25) is 0 Å². The lowest BCUT2D eigenvalue weighted by Crippen LogP contribution is -2.60. The van der Waals surface area contributed by atoms with Crippen LogP contribution in [0.1, 0.15) is 73.2 Å². The highest BCUT2D eigenvalue weighted by Crippen LogP contribution is 2.37. The standard InChI is InChI=1S/C28H38N4O4/c1-29-22-16-32(24-23(33)17-36-25(22)24)27(35)28(12-2-3-13-28)30-26(34)20-6-4-18(5-7-20)19-10-14-31(15-11-19)21-8-9-21/h4-7,19,21-22,24-25,29H,2-3,8-17H2,1H3,(H,30,34)/t22-,24+,25+/m0/s1. The summed E-state index contributed by atoms with van der Waals surface area (Å²) in [5, 5.41) is 6.32. The third kappa shape index (κ3) is 4.27.